The van der Waals surface area contributed by atoms with Crippen molar-refractivity contribution < 1.29 is 0 Å². The molecule has 1 aliphatic rings. The average Bonchev–Trinajstić information content (AvgIpc) is 3.28. The Morgan fingerprint density at radius 1 is 1.05 bits per heavy atom. The fourth-order valence-corrected chi connectivity index (χ4v) is 5.20. The summed E-state index contributed by atoms with van der Waals surface area (Å²) in [5.74, 6) is 0. The van der Waals surface area contributed by atoms with Gasteiger partial charge in [-0.15, -0.1) is 0 Å². The van der Waals surface area contributed by atoms with Gasteiger partial charge in [0.1, 0.15) is 6.07 Å². The Labute approximate surface area is 225 Å². The van der Waals surface area contributed by atoms with Crippen molar-refractivity contribution in [2.75, 3.05) is 31.5 Å². The average molecular weight is 505 g/mol. The van der Waals surface area contributed by atoms with E-state index >= 15 is 0 Å². The highest BCUT2D eigenvalue weighted by Gasteiger charge is 2.11. The van der Waals surface area contributed by atoms with E-state index in [9.17, 15) is 5.26 Å². The number of aromatic nitrogens is 2. The van der Waals surface area contributed by atoms with E-state index in [2.05, 4.69) is 81.0 Å². The number of pyridine rings is 1. The molecule has 3 N–H and O–H groups in total. The summed E-state index contributed by atoms with van der Waals surface area (Å²) in [6, 6.07) is 17.1. The predicted octanol–water partition coefficient (Wildman–Crippen LogP) is 6.62. The van der Waals surface area contributed by atoms with Gasteiger partial charge in [0, 0.05) is 60.4 Å². The molecule has 0 amide bonds. The monoisotopic (exact) mass is 504 g/mol. The topological polar surface area (TPSA) is 79.8 Å². The summed E-state index contributed by atoms with van der Waals surface area (Å²) in [5, 5.41) is 18.1. The highest BCUT2D eigenvalue weighted by molar-refractivity contribution is 5.90. The molecule has 3 heterocycles. The quantitative estimate of drug-likeness (QED) is 0.223. The van der Waals surface area contributed by atoms with E-state index in [4.69, 9.17) is 0 Å². The van der Waals surface area contributed by atoms with Crippen LogP contribution in [0.3, 0.4) is 0 Å². The lowest BCUT2D eigenvalue weighted by Gasteiger charge is -2.19. The van der Waals surface area contributed by atoms with Gasteiger partial charge in [-0.3, -0.25) is 4.98 Å². The lowest BCUT2D eigenvalue weighted by molar-refractivity contribution is 0.284. The zero-order chi connectivity index (χ0) is 26.2. The Balaban J connectivity index is 1.27. The van der Waals surface area contributed by atoms with E-state index < -0.39 is 0 Å². The molecule has 6 nitrogen and oxygen atoms in total. The SMILES string of the molecule is Cc1c(Nc2c(C#N)cncc2/C=C/c2cccc(CNCCN3CCCCCC3)c2)ccc2[nH]ccc12. The molecule has 194 valence electrons. The molecule has 1 fully saturated rings. The van der Waals surface area contributed by atoms with Crippen molar-refractivity contribution in [2.45, 2.75) is 39.2 Å². The summed E-state index contributed by atoms with van der Waals surface area (Å²) in [5.41, 5.74) is 7.75. The predicted molar refractivity (Wildman–Crippen MR) is 157 cm³/mol. The number of nitrogens with zero attached hydrogens (tertiary/aromatic N) is 3. The number of aromatic amines is 1. The van der Waals surface area contributed by atoms with E-state index in [0.717, 1.165) is 58.6 Å². The van der Waals surface area contributed by atoms with Gasteiger partial charge in [0.2, 0.25) is 0 Å². The van der Waals surface area contributed by atoms with Crippen LogP contribution < -0.4 is 10.6 Å². The first kappa shape index (κ1) is 25.7. The molecule has 0 atom stereocenters. The van der Waals surface area contributed by atoms with Crippen LogP contribution in [0.2, 0.25) is 0 Å². The molecule has 0 radical (unpaired) electrons. The van der Waals surface area contributed by atoms with E-state index in [1.54, 1.807) is 12.4 Å². The lowest BCUT2D eigenvalue weighted by Crippen LogP contribution is -2.32. The van der Waals surface area contributed by atoms with Gasteiger partial charge in [0.15, 0.2) is 0 Å². The van der Waals surface area contributed by atoms with Gasteiger partial charge in [-0.25, -0.2) is 0 Å². The van der Waals surface area contributed by atoms with Gasteiger partial charge in [-0.2, -0.15) is 5.26 Å². The molecule has 4 aromatic rings. The Morgan fingerprint density at radius 3 is 2.76 bits per heavy atom. The largest absolute Gasteiger partial charge is 0.361 e. The van der Waals surface area contributed by atoms with E-state index in [-0.39, 0.29) is 0 Å². The molecule has 1 aliphatic heterocycles. The summed E-state index contributed by atoms with van der Waals surface area (Å²) < 4.78 is 0. The van der Waals surface area contributed by atoms with Gasteiger partial charge in [0.25, 0.3) is 0 Å². The minimum Gasteiger partial charge on any atom is -0.361 e. The van der Waals surface area contributed by atoms with Crippen molar-refractivity contribution in [3.63, 3.8) is 0 Å². The van der Waals surface area contributed by atoms with Crippen LogP contribution in [0.25, 0.3) is 23.1 Å². The summed E-state index contributed by atoms with van der Waals surface area (Å²) in [6.45, 7) is 7.55. The molecule has 38 heavy (non-hydrogen) atoms. The molecule has 0 bridgehead atoms. The molecular formula is C32H36N6. The number of H-pyrrole nitrogens is 1. The molecule has 5 rings (SSSR count). The number of nitriles is 1. The number of hydrogen-bond donors (Lipinski definition) is 3. The highest BCUT2D eigenvalue weighted by Crippen LogP contribution is 2.31. The van der Waals surface area contributed by atoms with Gasteiger partial charge in [0.05, 0.1) is 11.3 Å². The van der Waals surface area contributed by atoms with Crippen LogP contribution in [0.4, 0.5) is 11.4 Å². The molecule has 2 aromatic carbocycles. The minimum atomic E-state index is 0.517. The zero-order valence-electron chi connectivity index (χ0n) is 22.1. The highest BCUT2D eigenvalue weighted by atomic mass is 15.1. The third kappa shape index (κ3) is 6.31. The molecule has 2 aromatic heterocycles. The second-order valence-corrected chi connectivity index (χ2v) is 10.1. The van der Waals surface area contributed by atoms with Crippen molar-refractivity contribution in [2.24, 2.45) is 0 Å². The van der Waals surface area contributed by atoms with Gasteiger partial charge in [-0.05, 0) is 67.7 Å². The number of nitrogens with one attached hydrogen (secondary N) is 3. The maximum Gasteiger partial charge on any atom is 0.103 e. The molecule has 0 aliphatic carbocycles. The minimum absolute atomic E-state index is 0.517. The third-order valence-corrected chi connectivity index (χ3v) is 7.40. The molecule has 6 heteroatoms. The Kier molecular flexibility index (Phi) is 8.49. The lowest BCUT2D eigenvalue weighted by atomic mass is 10.1. The van der Waals surface area contributed by atoms with Gasteiger partial charge < -0.3 is 20.5 Å². The van der Waals surface area contributed by atoms with Crippen LogP contribution in [0.15, 0.2) is 61.1 Å². The van der Waals surface area contributed by atoms with E-state index in [1.807, 2.05) is 18.3 Å². The van der Waals surface area contributed by atoms with Gasteiger partial charge in [-0.1, -0.05) is 49.3 Å². The number of fused-ring (bicyclic) bond motifs is 1. The number of hydrogen-bond acceptors (Lipinski definition) is 5. The first-order valence-electron chi connectivity index (χ1n) is 13.6. The summed E-state index contributed by atoms with van der Waals surface area (Å²) in [7, 11) is 0. The van der Waals surface area contributed by atoms with Crippen LogP contribution in [0.5, 0.6) is 0 Å². The van der Waals surface area contributed by atoms with Crippen molar-refractivity contribution in [3.8, 4) is 6.07 Å². The number of benzene rings is 2. The van der Waals surface area contributed by atoms with Crippen LogP contribution in [0, 0.1) is 18.3 Å². The number of rotatable bonds is 9. The van der Waals surface area contributed by atoms with Crippen molar-refractivity contribution in [3.05, 3.63) is 88.9 Å². The first-order chi connectivity index (χ1) is 18.7. The standard InChI is InChI=1S/C32H36N6/c1-24-29-13-14-36-31(29)12-11-30(24)37-32-27(22-35-23-28(32)20-33)10-9-25-7-6-8-26(19-25)21-34-15-18-38-16-4-2-3-5-17-38/h6-14,19,22-23,34,36H,2-5,15-18,21H2,1H3,(H,35,37)/b10-9+. The molecule has 0 spiro atoms. The molecule has 0 saturated carbocycles. The molecule has 0 unspecified atom stereocenters. The number of likely N-dealkylation sites (tertiary alicyclic amines) is 1. The Hall–Kier alpha value is -3.92. The Morgan fingerprint density at radius 2 is 1.92 bits per heavy atom. The fraction of sp³-hybridized carbons (Fsp3) is 0.312. The van der Waals surface area contributed by atoms with Crippen molar-refractivity contribution in [1.82, 2.24) is 20.2 Å². The van der Waals surface area contributed by atoms with E-state index in [0.29, 0.717) is 5.56 Å². The zero-order valence-corrected chi connectivity index (χ0v) is 22.1. The molecule has 1 saturated heterocycles. The van der Waals surface area contributed by atoms with Crippen LogP contribution in [-0.4, -0.2) is 41.0 Å². The van der Waals surface area contributed by atoms with Gasteiger partial charge >= 0.3 is 0 Å². The normalized spacial score (nSPS) is 14.5. The second-order valence-electron chi connectivity index (χ2n) is 10.1. The van der Waals surface area contributed by atoms with Crippen LogP contribution in [0.1, 0.15) is 53.5 Å². The summed E-state index contributed by atoms with van der Waals surface area (Å²) in [6.07, 6.45) is 14.9. The van der Waals surface area contributed by atoms with Crippen molar-refractivity contribution >= 4 is 34.4 Å². The molecular weight excluding hydrogens is 468 g/mol. The van der Waals surface area contributed by atoms with Crippen LogP contribution in [-0.2, 0) is 6.54 Å². The fourth-order valence-electron chi connectivity index (χ4n) is 5.20. The first-order valence-corrected chi connectivity index (χ1v) is 13.6. The summed E-state index contributed by atoms with van der Waals surface area (Å²) in [4.78, 5) is 10.2. The maximum absolute atomic E-state index is 9.78. The number of anilines is 2. The second kappa shape index (κ2) is 12.6. The van der Waals surface area contributed by atoms with Crippen molar-refractivity contribution in [1.29, 1.82) is 5.26 Å². The summed E-state index contributed by atoms with van der Waals surface area (Å²) >= 11 is 0. The maximum atomic E-state index is 9.78. The van der Waals surface area contributed by atoms with Crippen LogP contribution >= 0.6 is 0 Å². The number of aryl methyl sites for hydroxylation is 1. The smallest absolute Gasteiger partial charge is 0.103 e. The Bertz CT molecular complexity index is 1440. The van der Waals surface area contributed by atoms with E-state index in [1.165, 1.54) is 44.3 Å². The third-order valence-electron chi connectivity index (χ3n) is 7.40.